The van der Waals surface area contributed by atoms with Gasteiger partial charge in [-0.1, -0.05) is 30.4 Å². The van der Waals surface area contributed by atoms with E-state index in [1.54, 1.807) is 24.3 Å². The monoisotopic (exact) mass is 257 g/mol. The van der Waals surface area contributed by atoms with Gasteiger partial charge in [0.25, 0.3) is 11.5 Å². The molecule has 0 spiro atoms. The van der Waals surface area contributed by atoms with Crippen LogP contribution in [0.1, 0.15) is 23.8 Å². The second-order valence-corrected chi connectivity index (χ2v) is 4.06. The molecule has 0 saturated heterocycles. The van der Waals surface area contributed by atoms with Crippen molar-refractivity contribution >= 4 is 16.7 Å². The molecule has 0 aliphatic carbocycles. The average Bonchev–Trinajstić information content (AvgIpc) is 2.44. The third kappa shape index (κ3) is 2.88. The molecule has 5 nitrogen and oxygen atoms in total. The molecule has 1 amide bonds. The van der Waals surface area contributed by atoms with Gasteiger partial charge in [0.15, 0.2) is 5.69 Å². The zero-order valence-electron chi connectivity index (χ0n) is 10.6. The van der Waals surface area contributed by atoms with Crippen LogP contribution in [-0.2, 0) is 0 Å². The van der Waals surface area contributed by atoms with Crippen LogP contribution in [0, 0.1) is 0 Å². The summed E-state index contributed by atoms with van der Waals surface area (Å²) in [5.41, 5.74) is -0.0447. The van der Waals surface area contributed by atoms with Crippen LogP contribution in [0.25, 0.3) is 10.8 Å². The Balaban J connectivity index is 2.27. The molecule has 5 heteroatoms. The van der Waals surface area contributed by atoms with Crippen LogP contribution in [0.4, 0.5) is 0 Å². The predicted octanol–water partition coefficient (Wildman–Crippen LogP) is 1.62. The van der Waals surface area contributed by atoms with Gasteiger partial charge in [0.05, 0.1) is 5.39 Å². The number of benzene rings is 1. The van der Waals surface area contributed by atoms with Crippen LogP contribution < -0.4 is 10.9 Å². The highest BCUT2D eigenvalue weighted by Gasteiger charge is 2.12. The maximum atomic E-state index is 12.0. The Morgan fingerprint density at radius 3 is 2.84 bits per heavy atom. The number of amides is 1. The van der Waals surface area contributed by atoms with Crippen molar-refractivity contribution < 1.29 is 4.79 Å². The normalized spacial score (nSPS) is 11.0. The Morgan fingerprint density at radius 2 is 2.11 bits per heavy atom. The van der Waals surface area contributed by atoms with Crippen LogP contribution in [0.3, 0.4) is 0 Å². The largest absolute Gasteiger partial charge is 0.350 e. The maximum absolute atomic E-state index is 12.0. The minimum absolute atomic E-state index is 0.246. The highest BCUT2D eigenvalue weighted by atomic mass is 16.2. The number of hydrogen-bond acceptors (Lipinski definition) is 3. The van der Waals surface area contributed by atoms with Crippen molar-refractivity contribution in [1.29, 1.82) is 0 Å². The number of hydrogen-bond donors (Lipinski definition) is 2. The van der Waals surface area contributed by atoms with Crippen LogP contribution in [0.2, 0.25) is 0 Å². The first-order valence-corrected chi connectivity index (χ1v) is 6.11. The van der Waals surface area contributed by atoms with Crippen molar-refractivity contribution in [2.24, 2.45) is 0 Å². The lowest BCUT2D eigenvalue weighted by molar-refractivity contribution is 0.0950. The zero-order chi connectivity index (χ0) is 13.7. The third-order valence-corrected chi connectivity index (χ3v) is 2.74. The van der Waals surface area contributed by atoms with Crippen LogP contribution in [0.15, 0.2) is 41.2 Å². The molecule has 0 bridgehead atoms. The molecule has 0 atom stereocenters. The number of allylic oxidation sites excluding steroid dienone is 1. The number of H-pyrrole nitrogens is 1. The summed E-state index contributed by atoms with van der Waals surface area (Å²) in [4.78, 5) is 23.6. The van der Waals surface area contributed by atoms with E-state index in [-0.39, 0.29) is 17.2 Å². The summed E-state index contributed by atoms with van der Waals surface area (Å²) in [5.74, 6) is -0.281. The number of carbonyl (C=O) groups excluding carboxylic acids is 1. The SMILES string of the molecule is C/C=C/CCNC(=O)c1n[nH]c(=O)c2ccccc12. The lowest BCUT2D eigenvalue weighted by Crippen LogP contribution is -2.27. The Morgan fingerprint density at radius 1 is 1.37 bits per heavy atom. The molecule has 2 N–H and O–H groups in total. The molecule has 0 aliphatic heterocycles. The summed E-state index contributed by atoms with van der Waals surface area (Å²) in [6.07, 6.45) is 4.67. The first-order valence-electron chi connectivity index (χ1n) is 6.11. The third-order valence-electron chi connectivity index (χ3n) is 2.74. The fourth-order valence-electron chi connectivity index (χ4n) is 1.81. The second kappa shape index (κ2) is 5.95. The molecule has 1 heterocycles. The lowest BCUT2D eigenvalue weighted by Gasteiger charge is -2.05. The minimum Gasteiger partial charge on any atom is -0.350 e. The van der Waals surface area contributed by atoms with E-state index in [1.165, 1.54) is 0 Å². The average molecular weight is 257 g/mol. The standard InChI is InChI=1S/C14H15N3O2/c1-2-3-6-9-15-14(19)12-10-7-4-5-8-11(10)13(18)17-16-12/h2-5,7-8H,6,9H2,1H3,(H,15,19)(H,17,18)/b3-2+. The van der Waals surface area contributed by atoms with Gasteiger partial charge >= 0.3 is 0 Å². The van der Waals surface area contributed by atoms with Gasteiger partial charge in [0.2, 0.25) is 0 Å². The van der Waals surface area contributed by atoms with Crippen molar-refractivity contribution in [2.45, 2.75) is 13.3 Å². The lowest BCUT2D eigenvalue weighted by atomic mass is 10.1. The summed E-state index contributed by atoms with van der Waals surface area (Å²) >= 11 is 0. The van der Waals surface area contributed by atoms with Gasteiger partial charge in [-0.15, -0.1) is 0 Å². The number of rotatable bonds is 4. The number of nitrogens with one attached hydrogen (secondary N) is 2. The Kier molecular flexibility index (Phi) is 4.07. The molecule has 98 valence electrons. The van der Waals surface area contributed by atoms with Gasteiger partial charge in [0.1, 0.15) is 0 Å². The van der Waals surface area contributed by atoms with Crippen molar-refractivity contribution in [3.8, 4) is 0 Å². The van der Waals surface area contributed by atoms with Gasteiger partial charge in [-0.05, 0) is 19.4 Å². The van der Waals surface area contributed by atoms with Gasteiger partial charge in [0, 0.05) is 11.9 Å². The summed E-state index contributed by atoms with van der Waals surface area (Å²) in [6, 6.07) is 6.93. The fourth-order valence-corrected chi connectivity index (χ4v) is 1.81. The summed E-state index contributed by atoms with van der Waals surface area (Å²) in [6.45, 7) is 2.47. The van der Waals surface area contributed by atoms with E-state index in [2.05, 4.69) is 15.5 Å². The number of aromatic amines is 1. The molecule has 1 aromatic heterocycles. The number of aromatic nitrogens is 2. The Bertz CT molecular complexity index is 674. The van der Waals surface area contributed by atoms with E-state index in [0.29, 0.717) is 17.3 Å². The van der Waals surface area contributed by atoms with E-state index >= 15 is 0 Å². The van der Waals surface area contributed by atoms with E-state index in [0.717, 1.165) is 6.42 Å². The van der Waals surface area contributed by atoms with Crippen molar-refractivity contribution in [3.63, 3.8) is 0 Å². The molecule has 0 radical (unpaired) electrons. The maximum Gasteiger partial charge on any atom is 0.272 e. The number of nitrogens with zero attached hydrogens (tertiary/aromatic N) is 1. The smallest absolute Gasteiger partial charge is 0.272 e. The van der Waals surface area contributed by atoms with Crippen LogP contribution in [-0.4, -0.2) is 22.6 Å². The Hall–Kier alpha value is -2.43. The fraction of sp³-hybridized carbons (Fsp3) is 0.214. The highest BCUT2D eigenvalue weighted by molar-refractivity contribution is 6.04. The molecule has 0 fully saturated rings. The quantitative estimate of drug-likeness (QED) is 0.645. The molecular weight excluding hydrogens is 242 g/mol. The van der Waals surface area contributed by atoms with E-state index in [4.69, 9.17) is 0 Å². The zero-order valence-corrected chi connectivity index (χ0v) is 10.6. The first-order chi connectivity index (χ1) is 9.24. The molecule has 0 aliphatic rings. The highest BCUT2D eigenvalue weighted by Crippen LogP contribution is 2.11. The van der Waals surface area contributed by atoms with Crippen molar-refractivity contribution in [2.75, 3.05) is 6.54 Å². The van der Waals surface area contributed by atoms with Crippen molar-refractivity contribution in [1.82, 2.24) is 15.5 Å². The van der Waals surface area contributed by atoms with Crippen LogP contribution in [0.5, 0.6) is 0 Å². The molecule has 0 unspecified atom stereocenters. The second-order valence-electron chi connectivity index (χ2n) is 4.06. The summed E-state index contributed by atoms with van der Waals surface area (Å²) in [5, 5.41) is 9.99. The topological polar surface area (TPSA) is 74.8 Å². The summed E-state index contributed by atoms with van der Waals surface area (Å²) in [7, 11) is 0. The Labute approximate surface area is 110 Å². The summed E-state index contributed by atoms with van der Waals surface area (Å²) < 4.78 is 0. The van der Waals surface area contributed by atoms with E-state index in [1.807, 2.05) is 19.1 Å². The number of carbonyl (C=O) groups is 1. The predicted molar refractivity (Wildman–Crippen MR) is 74.1 cm³/mol. The van der Waals surface area contributed by atoms with Crippen LogP contribution >= 0.6 is 0 Å². The van der Waals surface area contributed by atoms with E-state index in [9.17, 15) is 9.59 Å². The van der Waals surface area contributed by atoms with Gasteiger partial charge in [-0.25, -0.2) is 5.10 Å². The molecule has 19 heavy (non-hydrogen) atoms. The molecule has 2 rings (SSSR count). The van der Waals surface area contributed by atoms with E-state index < -0.39 is 0 Å². The van der Waals surface area contributed by atoms with Gasteiger partial charge in [-0.3, -0.25) is 9.59 Å². The molecule has 2 aromatic rings. The molecule has 1 aromatic carbocycles. The van der Waals surface area contributed by atoms with Gasteiger partial charge in [-0.2, -0.15) is 5.10 Å². The van der Waals surface area contributed by atoms with Crippen molar-refractivity contribution in [3.05, 3.63) is 52.5 Å². The molecular formula is C14H15N3O2. The number of fused-ring (bicyclic) bond motifs is 1. The minimum atomic E-state index is -0.291. The first kappa shape index (κ1) is 13.0. The molecule has 0 saturated carbocycles. The van der Waals surface area contributed by atoms with Gasteiger partial charge < -0.3 is 5.32 Å².